The standard InChI is InChI=1S/C26H31FN4O2S/c1-3-19(2)31-18-21-6-4-5-7-26(21)30(34(31,32)33)15-14-29-12-10-20(11-13-29)24-17-28-25-16-22(27)8-9-23(24)25/h4-10,16-17,19,28H,3,11-15,18H2,1-2H3. The molecule has 0 saturated carbocycles. The highest BCUT2D eigenvalue weighted by Crippen LogP contribution is 2.34. The molecule has 34 heavy (non-hydrogen) atoms. The highest BCUT2D eigenvalue weighted by atomic mass is 32.2. The van der Waals surface area contributed by atoms with E-state index in [1.165, 1.54) is 17.7 Å². The summed E-state index contributed by atoms with van der Waals surface area (Å²) in [6, 6.07) is 12.6. The first-order valence-corrected chi connectivity index (χ1v) is 13.3. The fraction of sp³-hybridized carbons (Fsp3) is 0.385. The van der Waals surface area contributed by atoms with Gasteiger partial charge in [0.2, 0.25) is 0 Å². The first-order valence-electron chi connectivity index (χ1n) is 11.9. The lowest BCUT2D eigenvalue weighted by molar-refractivity contribution is 0.299. The van der Waals surface area contributed by atoms with Crippen LogP contribution in [0.25, 0.3) is 16.5 Å². The largest absolute Gasteiger partial charge is 0.360 e. The van der Waals surface area contributed by atoms with Gasteiger partial charge < -0.3 is 4.98 Å². The number of benzene rings is 2. The minimum absolute atomic E-state index is 0.0500. The lowest BCUT2D eigenvalue weighted by Crippen LogP contribution is -2.52. The third kappa shape index (κ3) is 4.15. The van der Waals surface area contributed by atoms with Crippen LogP contribution in [0.4, 0.5) is 10.1 Å². The summed E-state index contributed by atoms with van der Waals surface area (Å²) in [6.45, 7) is 7.10. The van der Waals surface area contributed by atoms with E-state index in [0.29, 0.717) is 19.6 Å². The molecule has 1 aromatic heterocycles. The van der Waals surface area contributed by atoms with Gasteiger partial charge in [0, 0.05) is 61.4 Å². The lowest BCUT2D eigenvalue weighted by atomic mass is 9.99. The molecule has 2 aliphatic heterocycles. The van der Waals surface area contributed by atoms with Gasteiger partial charge in [-0.3, -0.25) is 9.21 Å². The van der Waals surface area contributed by atoms with Crippen molar-refractivity contribution in [1.82, 2.24) is 14.2 Å². The monoisotopic (exact) mass is 482 g/mol. The van der Waals surface area contributed by atoms with E-state index < -0.39 is 10.2 Å². The number of hydrogen-bond acceptors (Lipinski definition) is 3. The van der Waals surface area contributed by atoms with E-state index >= 15 is 0 Å². The van der Waals surface area contributed by atoms with Crippen molar-refractivity contribution in [3.63, 3.8) is 0 Å². The molecule has 0 saturated heterocycles. The molecule has 3 heterocycles. The number of para-hydroxylation sites is 1. The molecule has 0 spiro atoms. The highest BCUT2D eigenvalue weighted by molar-refractivity contribution is 7.90. The van der Waals surface area contributed by atoms with E-state index in [0.717, 1.165) is 53.6 Å². The summed E-state index contributed by atoms with van der Waals surface area (Å²) in [4.78, 5) is 5.46. The van der Waals surface area contributed by atoms with Gasteiger partial charge in [-0.25, -0.2) is 4.39 Å². The Morgan fingerprint density at radius 3 is 2.74 bits per heavy atom. The average Bonchev–Trinajstić information content (AvgIpc) is 3.25. The summed E-state index contributed by atoms with van der Waals surface area (Å²) < 4.78 is 43.7. The van der Waals surface area contributed by atoms with Crippen LogP contribution < -0.4 is 4.31 Å². The van der Waals surface area contributed by atoms with E-state index in [2.05, 4.69) is 16.0 Å². The van der Waals surface area contributed by atoms with Crippen molar-refractivity contribution in [3.05, 3.63) is 71.7 Å². The van der Waals surface area contributed by atoms with Crippen LogP contribution in [0.1, 0.15) is 37.8 Å². The Morgan fingerprint density at radius 2 is 1.97 bits per heavy atom. The number of halogens is 1. The van der Waals surface area contributed by atoms with Crippen molar-refractivity contribution in [3.8, 4) is 0 Å². The maximum absolute atomic E-state index is 13.5. The molecule has 1 N–H and O–H groups in total. The maximum Gasteiger partial charge on any atom is 0.304 e. The molecule has 0 amide bonds. The Morgan fingerprint density at radius 1 is 1.15 bits per heavy atom. The molecule has 6 nitrogen and oxygen atoms in total. The number of aromatic nitrogens is 1. The quantitative estimate of drug-likeness (QED) is 0.551. The SMILES string of the molecule is CCC(C)N1Cc2ccccc2N(CCN2CC=C(c3c[nH]c4cc(F)ccc34)CC2)S1(=O)=O. The Labute approximate surface area is 200 Å². The minimum atomic E-state index is -3.57. The predicted octanol–water partition coefficient (Wildman–Crippen LogP) is 4.76. The number of aromatic amines is 1. The molecule has 1 unspecified atom stereocenters. The second kappa shape index (κ2) is 9.17. The number of fused-ring (bicyclic) bond motifs is 2. The molecule has 2 aliphatic rings. The molecule has 3 aromatic rings. The van der Waals surface area contributed by atoms with Gasteiger partial charge in [-0.15, -0.1) is 0 Å². The topological polar surface area (TPSA) is 59.6 Å². The molecule has 5 rings (SSSR count). The zero-order valence-electron chi connectivity index (χ0n) is 19.7. The van der Waals surface area contributed by atoms with Crippen LogP contribution in [-0.4, -0.2) is 54.8 Å². The number of rotatable bonds is 6. The van der Waals surface area contributed by atoms with Gasteiger partial charge >= 0.3 is 10.2 Å². The maximum atomic E-state index is 13.5. The zero-order chi connectivity index (χ0) is 23.9. The molecule has 2 aromatic carbocycles. The van der Waals surface area contributed by atoms with Gasteiger partial charge in [0.1, 0.15) is 5.82 Å². The van der Waals surface area contributed by atoms with Crippen molar-refractivity contribution in [2.75, 3.05) is 30.5 Å². The van der Waals surface area contributed by atoms with Gasteiger partial charge in [0.05, 0.1) is 5.69 Å². The Balaban J connectivity index is 1.31. The summed E-state index contributed by atoms with van der Waals surface area (Å²) >= 11 is 0. The Hall–Kier alpha value is -2.68. The van der Waals surface area contributed by atoms with Crippen molar-refractivity contribution in [2.45, 2.75) is 39.3 Å². The third-order valence-corrected chi connectivity index (χ3v) is 9.16. The van der Waals surface area contributed by atoms with Crippen LogP contribution >= 0.6 is 0 Å². The molecule has 0 fully saturated rings. The molecule has 0 radical (unpaired) electrons. The Kier molecular flexibility index (Phi) is 6.22. The summed E-state index contributed by atoms with van der Waals surface area (Å²) in [6.07, 6.45) is 5.80. The van der Waals surface area contributed by atoms with E-state index in [4.69, 9.17) is 0 Å². The van der Waals surface area contributed by atoms with E-state index in [-0.39, 0.29) is 11.9 Å². The van der Waals surface area contributed by atoms with E-state index in [9.17, 15) is 12.8 Å². The van der Waals surface area contributed by atoms with Crippen LogP contribution in [0.15, 0.2) is 54.7 Å². The highest BCUT2D eigenvalue weighted by Gasteiger charge is 2.38. The molecule has 180 valence electrons. The van der Waals surface area contributed by atoms with Crippen molar-refractivity contribution >= 4 is 32.4 Å². The van der Waals surface area contributed by atoms with Crippen LogP contribution in [0.2, 0.25) is 0 Å². The second-order valence-electron chi connectivity index (χ2n) is 9.18. The van der Waals surface area contributed by atoms with Gasteiger partial charge in [-0.1, -0.05) is 31.2 Å². The first kappa shape index (κ1) is 23.1. The fourth-order valence-corrected chi connectivity index (χ4v) is 6.86. The third-order valence-electron chi connectivity index (χ3n) is 7.15. The van der Waals surface area contributed by atoms with Crippen LogP contribution in [-0.2, 0) is 16.8 Å². The normalized spacial score (nSPS) is 19.7. The Bertz CT molecular complexity index is 1330. The summed E-state index contributed by atoms with van der Waals surface area (Å²) in [5, 5.41) is 1.03. The summed E-state index contributed by atoms with van der Waals surface area (Å²) in [7, 11) is -3.57. The van der Waals surface area contributed by atoms with Crippen LogP contribution in [0.3, 0.4) is 0 Å². The molecule has 0 bridgehead atoms. The predicted molar refractivity (Wildman–Crippen MR) is 135 cm³/mol. The number of nitrogens with one attached hydrogen (secondary N) is 1. The summed E-state index contributed by atoms with van der Waals surface area (Å²) in [5.74, 6) is -0.245. The van der Waals surface area contributed by atoms with Crippen molar-refractivity contribution in [1.29, 1.82) is 0 Å². The molecular weight excluding hydrogens is 451 g/mol. The van der Waals surface area contributed by atoms with Gasteiger partial charge in [0.15, 0.2) is 0 Å². The second-order valence-corrected chi connectivity index (χ2v) is 11.0. The first-order chi connectivity index (χ1) is 16.4. The smallest absolute Gasteiger partial charge is 0.304 e. The van der Waals surface area contributed by atoms with E-state index in [1.54, 1.807) is 8.61 Å². The zero-order valence-corrected chi connectivity index (χ0v) is 20.5. The van der Waals surface area contributed by atoms with E-state index in [1.807, 2.05) is 50.4 Å². The fourth-order valence-electron chi connectivity index (χ4n) is 4.97. The molecule has 8 heteroatoms. The summed E-state index contributed by atoms with van der Waals surface area (Å²) in [5.41, 5.74) is 5.01. The van der Waals surface area contributed by atoms with Crippen molar-refractivity contribution < 1.29 is 12.8 Å². The minimum Gasteiger partial charge on any atom is -0.360 e. The number of hydrogen-bond donors (Lipinski definition) is 1. The number of H-pyrrole nitrogens is 1. The van der Waals surface area contributed by atoms with Crippen LogP contribution in [0.5, 0.6) is 0 Å². The average molecular weight is 483 g/mol. The lowest BCUT2D eigenvalue weighted by Gasteiger charge is -2.40. The molecule has 0 aliphatic carbocycles. The van der Waals surface area contributed by atoms with Crippen molar-refractivity contribution in [2.24, 2.45) is 0 Å². The van der Waals surface area contributed by atoms with Gasteiger partial charge in [0.25, 0.3) is 0 Å². The number of anilines is 1. The molecule has 1 atom stereocenters. The van der Waals surface area contributed by atoms with Gasteiger partial charge in [-0.05, 0) is 55.2 Å². The van der Waals surface area contributed by atoms with Crippen LogP contribution in [0, 0.1) is 5.82 Å². The van der Waals surface area contributed by atoms with Gasteiger partial charge in [-0.2, -0.15) is 12.7 Å². The number of nitrogens with zero attached hydrogens (tertiary/aromatic N) is 3. The molecular formula is C26H31FN4O2S.